The van der Waals surface area contributed by atoms with E-state index in [1.54, 1.807) is 57.2 Å². The van der Waals surface area contributed by atoms with Crippen molar-refractivity contribution < 1.29 is 19.1 Å². The second kappa shape index (κ2) is 11.2. The van der Waals surface area contributed by atoms with Crippen LogP contribution in [0.1, 0.15) is 38.7 Å². The van der Waals surface area contributed by atoms with E-state index in [1.165, 1.54) is 0 Å². The highest BCUT2D eigenvalue weighted by atomic mass is 32.2. The molecule has 0 aromatic heterocycles. The van der Waals surface area contributed by atoms with E-state index in [4.69, 9.17) is 9.47 Å². The maximum atomic E-state index is 12.6. The fourth-order valence-electron chi connectivity index (χ4n) is 3.21. The first-order valence-electron chi connectivity index (χ1n) is 10.4. The summed E-state index contributed by atoms with van der Waals surface area (Å²) >= 11 is 5.38. The van der Waals surface area contributed by atoms with E-state index in [0.717, 1.165) is 28.3 Å². The van der Waals surface area contributed by atoms with E-state index >= 15 is 0 Å². The van der Waals surface area contributed by atoms with Crippen LogP contribution in [0, 0.1) is 4.91 Å². The van der Waals surface area contributed by atoms with Crippen LogP contribution in [-0.2, 0) is 9.59 Å². The van der Waals surface area contributed by atoms with Crippen molar-refractivity contribution in [2.24, 2.45) is 9.57 Å². The van der Waals surface area contributed by atoms with Gasteiger partial charge in [-0.1, -0.05) is 24.3 Å². The van der Waals surface area contributed by atoms with Gasteiger partial charge in [0, 0.05) is 21.3 Å². The average Bonchev–Trinajstić information content (AvgIpc) is 2.79. The van der Waals surface area contributed by atoms with Gasteiger partial charge in [0.05, 0.1) is 23.2 Å². The molecule has 9 heteroatoms. The molecule has 7 nitrogen and oxygen atoms in total. The zero-order valence-corrected chi connectivity index (χ0v) is 20.4. The molecule has 0 spiro atoms. The third-order valence-corrected chi connectivity index (χ3v) is 5.81. The van der Waals surface area contributed by atoms with Gasteiger partial charge in [-0.3, -0.25) is 9.59 Å². The third-order valence-electron chi connectivity index (χ3n) is 5.01. The van der Waals surface area contributed by atoms with Gasteiger partial charge in [0.15, 0.2) is 0 Å². The highest BCUT2D eigenvalue weighted by molar-refractivity contribution is 7.99. The number of thiocarbonyl (C=S) groups is 1. The highest BCUT2D eigenvalue weighted by Gasteiger charge is 2.25. The van der Waals surface area contributed by atoms with Crippen molar-refractivity contribution in [1.82, 2.24) is 0 Å². The van der Waals surface area contributed by atoms with Crippen molar-refractivity contribution in [1.29, 1.82) is 0 Å². The first-order valence-corrected chi connectivity index (χ1v) is 11.5. The van der Waals surface area contributed by atoms with Crippen molar-refractivity contribution in [2.45, 2.75) is 37.9 Å². The molecule has 174 valence electrons. The Morgan fingerprint density at radius 2 is 1.65 bits per heavy atom. The molecule has 0 N–H and O–H groups in total. The van der Waals surface area contributed by atoms with Crippen LogP contribution in [0.4, 0.5) is 5.69 Å². The fourth-order valence-corrected chi connectivity index (χ4v) is 3.70. The molecule has 0 unspecified atom stereocenters. The molecular formula is C25H22N2O5S2. The van der Waals surface area contributed by atoms with Gasteiger partial charge >= 0.3 is 11.9 Å². The zero-order chi connectivity index (χ0) is 24.7. The number of carbonyl (C=O) groups is 2. The lowest BCUT2D eigenvalue weighted by Crippen LogP contribution is -2.22. The number of esters is 2. The predicted octanol–water partition coefficient (Wildman–Crippen LogP) is 6.77. The van der Waals surface area contributed by atoms with Gasteiger partial charge in [0.25, 0.3) is 0 Å². The van der Waals surface area contributed by atoms with Crippen LogP contribution in [0.2, 0.25) is 0 Å². The summed E-state index contributed by atoms with van der Waals surface area (Å²) in [4.78, 5) is 39.2. The van der Waals surface area contributed by atoms with E-state index in [2.05, 4.69) is 27.0 Å². The lowest BCUT2D eigenvalue weighted by molar-refractivity contribution is -0.136. The summed E-state index contributed by atoms with van der Waals surface area (Å²) in [5.74, 6) is -0.513. The molecule has 0 amide bonds. The molecule has 0 aliphatic rings. The lowest BCUT2D eigenvalue weighted by Gasteiger charge is -2.17. The first kappa shape index (κ1) is 25.2. The predicted molar refractivity (Wildman–Crippen MR) is 137 cm³/mol. The fraction of sp³-hybridized carbons (Fsp3) is 0.240. The average molecular weight is 495 g/mol. The van der Waals surface area contributed by atoms with Crippen LogP contribution >= 0.6 is 24.2 Å². The number of nitroso groups, excluding NO2 is 1. The summed E-state index contributed by atoms with van der Waals surface area (Å²) < 4.78 is 13.1. The SMILES string of the molecule is C[C@H](C(=O)Oc1ccc(N=C=S)cc1)c1ccc2cc(OC(=O)CC(C)(C)SN=O)ccc2c1. The maximum absolute atomic E-state index is 12.6. The maximum Gasteiger partial charge on any atom is 0.318 e. The second-order valence-corrected chi connectivity index (χ2v) is 9.80. The Morgan fingerprint density at radius 3 is 2.32 bits per heavy atom. The molecule has 34 heavy (non-hydrogen) atoms. The van der Waals surface area contributed by atoms with Crippen LogP contribution in [-0.4, -0.2) is 21.8 Å². The quantitative estimate of drug-likeness (QED) is 0.0809. The topological polar surface area (TPSA) is 94.4 Å². The summed E-state index contributed by atoms with van der Waals surface area (Å²) in [5, 5.41) is 4.03. The Bertz CT molecular complexity index is 1270. The molecule has 1 atom stereocenters. The number of isothiocyanates is 1. The molecule has 0 radical (unpaired) electrons. The number of hydrogen-bond acceptors (Lipinski definition) is 9. The van der Waals surface area contributed by atoms with Gasteiger partial charge in [0.2, 0.25) is 0 Å². The van der Waals surface area contributed by atoms with E-state index < -0.39 is 16.6 Å². The Labute approximate surface area is 206 Å². The Hall–Kier alpha value is -3.39. The molecule has 3 aromatic carbocycles. The summed E-state index contributed by atoms with van der Waals surface area (Å²) in [5.41, 5.74) is 1.42. The van der Waals surface area contributed by atoms with Gasteiger partial charge in [-0.2, -0.15) is 4.99 Å². The van der Waals surface area contributed by atoms with Crippen LogP contribution in [0.3, 0.4) is 0 Å². The first-order chi connectivity index (χ1) is 16.2. The van der Waals surface area contributed by atoms with E-state index in [0.29, 0.717) is 17.2 Å². The van der Waals surface area contributed by atoms with Crippen molar-refractivity contribution in [3.8, 4) is 11.5 Å². The van der Waals surface area contributed by atoms with Crippen molar-refractivity contribution >= 4 is 57.7 Å². The van der Waals surface area contributed by atoms with Crippen LogP contribution in [0.25, 0.3) is 10.8 Å². The van der Waals surface area contributed by atoms with Crippen molar-refractivity contribution in [2.75, 3.05) is 0 Å². The van der Waals surface area contributed by atoms with Crippen LogP contribution in [0.15, 0.2) is 70.2 Å². The largest absolute Gasteiger partial charge is 0.426 e. The monoisotopic (exact) mass is 494 g/mol. The van der Waals surface area contributed by atoms with Crippen LogP contribution in [0.5, 0.6) is 11.5 Å². The van der Waals surface area contributed by atoms with E-state index in [-0.39, 0.29) is 12.4 Å². The minimum absolute atomic E-state index is 0.0440. The van der Waals surface area contributed by atoms with E-state index in [9.17, 15) is 14.5 Å². The summed E-state index contributed by atoms with van der Waals surface area (Å²) in [7, 11) is 0. The minimum Gasteiger partial charge on any atom is -0.426 e. The standard InChI is InChI=1S/C25H22N2O5S2/c1-16(24(29)32-21-10-7-20(8-11-21)26-15-33)17-4-5-19-13-22(9-6-18(19)12-17)31-23(28)14-25(2,3)34-27-30/h4-13,16H,14H2,1-3H3/t16-/m0/s1. The third kappa shape index (κ3) is 6.81. The summed E-state index contributed by atoms with van der Waals surface area (Å²) in [6, 6.07) is 17.5. The number of aliphatic imine (C=N–C) groups is 1. The minimum atomic E-state index is -0.644. The van der Waals surface area contributed by atoms with Crippen LogP contribution < -0.4 is 9.47 Å². The molecule has 0 saturated carbocycles. The molecule has 0 aliphatic carbocycles. The molecule has 0 fully saturated rings. The highest BCUT2D eigenvalue weighted by Crippen LogP contribution is 2.30. The number of fused-ring (bicyclic) bond motifs is 1. The Balaban J connectivity index is 1.68. The molecule has 0 heterocycles. The number of nitrogens with zero attached hydrogens (tertiary/aromatic N) is 2. The molecule has 3 rings (SSSR count). The molecular weight excluding hydrogens is 472 g/mol. The Kier molecular flexibility index (Phi) is 8.28. The lowest BCUT2D eigenvalue weighted by atomic mass is 9.98. The van der Waals surface area contributed by atoms with Gasteiger partial charge in [-0.25, -0.2) is 0 Å². The number of ether oxygens (including phenoxy) is 2. The second-order valence-electron chi connectivity index (χ2n) is 8.18. The van der Waals surface area contributed by atoms with Gasteiger partial charge in [0.1, 0.15) is 11.5 Å². The molecule has 3 aromatic rings. The summed E-state index contributed by atoms with van der Waals surface area (Å²) in [6.07, 6.45) is 0.0440. The van der Waals surface area contributed by atoms with Crippen molar-refractivity contribution in [3.05, 3.63) is 71.1 Å². The number of rotatable bonds is 9. The smallest absolute Gasteiger partial charge is 0.318 e. The van der Waals surface area contributed by atoms with Gasteiger partial charge in [-0.15, -0.1) is 4.91 Å². The van der Waals surface area contributed by atoms with Gasteiger partial charge in [-0.05, 0) is 85.7 Å². The summed E-state index contributed by atoms with van der Waals surface area (Å²) in [6.45, 7) is 5.27. The molecule has 0 bridgehead atoms. The number of carbonyl (C=O) groups excluding carboxylic acids is 2. The van der Waals surface area contributed by atoms with E-state index in [1.807, 2.05) is 24.3 Å². The van der Waals surface area contributed by atoms with Gasteiger partial charge < -0.3 is 9.47 Å². The van der Waals surface area contributed by atoms with Crippen molar-refractivity contribution in [3.63, 3.8) is 0 Å². The molecule has 0 aliphatic heterocycles. The number of benzene rings is 3. The normalized spacial score (nSPS) is 11.9. The Morgan fingerprint density at radius 1 is 1.00 bits per heavy atom. The molecule has 0 saturated heterocycles. The number of hydrogen-bond donors (Lipinski definition) is 0. The zero-order valence-electron chi connectivity index (χ0n) is 18.8.